The van der Waals surface area contributed by atoms with Gasteiger partial charge >= 0.3 is 5.69 Å². The molecule has 0 aliphatic heterocycles. The smallest absolute Gasteiger partial charge is 0.349 e. The van der Waals surface area contributed by atoms with Gasteiger partial charge in [0, 0.05) is 16.6 Å². The normalized spacial score (nSPS) is 10.8. The summed E-state index contributed by atoms with van der Waals surface area (Å²) in [6, 6.07) is 7.38. The molecule has 3 aromatic rings. The standard InChI is InChI=1S/C19H22N4O3S/c1-4-9-26-16-10-13(5-6-15(16)25-3)18-21-14(12(2)27-18)11-23-8-7-17(20)22-19(23)24/h5-8,10H,4,9,11H2,1-3H3,(H2,20,22,24). The van der Waals surface area contributed by atoms with Crippen molar-refractivity contribution in [1.29, 1.82) is 0 Å². The Hall–Kier alpha value is -2.87. The van der Waals surface area contributed by atoms with Crippen molar-refractivity contribution < 1.29 is 9.47 Å². The first-order chi connectivity index (χ1) is 13.0. The zero-order chi connectivity index (χ0) is 19.4. The number of hydrogen-bond acceptors (Lipinski definition) is 7. The zero-order valence-electron chi connectivity index (χ0n) is 15.6. The summed E-state index contributed by atoms with van der Waals surface area (Å²) < 4.78 is 12.6. The number of aromatic nitrogens is 3. The number of thiazole rings is 1. The van der Waals surface area contributed by atoms with Crippen molar-refractivity contribution in [2.24, 2.45) is 0 Å². The van der Waals surface area contributed by atoms with E-state index < -0.39 is 0 Å². The van der Waals surface area contributed by atoms with Gasteiger partial charge in [-0.2, -0.15) is 4.98 Å². The fourth-order valence-electron chi connectivity index (χ4n) is 2.56. The van der Waals surface area contributed by atoms with E-state index >= 15 is 0 Å². The highest BCUT2D eigenvalue weighted by molar-refractivity contribution is 7.15. The van der Waals surface area contributed by atoms with E-state index in [0.29, 0.717) is 24.7 Å². The molecule has 1 aromatic carbocycles. The fourth-order valence-corrected chi connectivity index (χ4v) is 3.48. The molecule has 142 valence electrons. The number of aryl methyl sites for hydroxylation is 1. The van der Waals surface area contributed by atoms with Crippen molar-refractivity contribution in [3.8, 4) is 22.1 Å². The fraction of sp³-hybridized carbons (Fsp3) is 0.316. The summed E-state index contributed by atoms with van der Waals surface area (Å²) >= 11 is 1.57. The minimum atomic E-state index is -0.386. The van der Waals surface area contributed by atoms with Crippen molar-refractivity contribution in [3.05, 3.63) is 51.5 Å². The lowest BCUT2D eigenvalue weighted by molar-refractivity contribution is 0.294. The number of nitrogens with two attached hydrogens (primary N) is 1. The Morgan fingerprint density at radius 3 is 2.74 bits per heavy atom. The predicted molar refractivity (Wildman–Crippen MR) is 107 cm³/mol. The van der Waals surface area contributed by atoms with E-state index in [9.17, 15) is 4.79 Å². The molecule has 0 amide bonds. The average Bonchev–Trinajstić information content (AvgIpc) is 3.02. The first kappa shape index (κ1) is 18.9. The molecule has 27 heavy (non-hydrogen) atoms. The maximum absolute atomic E-state index is 12.0. The quantitative estimate of drug-likeness (QED) is 0.671. The first-order valence-electron chi connectivity index (χ1n) is 8.62. The summed E-state index contributed by atoms with van der Waals surface area (Å²) in [6.45, 7) is 5.02. The summed E-state index contributed by atoms with van der Waals surface area (Å²) in [5, 5.41) is 0.864. The van der Waals surface area contributed by atoms with Gasteiger partial charge in [-0.1, -0.05) is 6.92 Å². The van der Waals surface area contributed by atoms with Crippen molar-refractivity contribution in [2.45, 2.75) is 26.8 Å². The van der Waals surface area contributed by atoms with E-state index in [0.717, 1.165) is 27.6 Å². The second kappa shape index (κ2) is 8.22. The molecule has 3 rings (SSSR count). The maximum Gasteiger partial charge on any atom is 0.349 e. The van der Waals surface area contributed by atoms with E-state index in [4.69, 9.17) is 20.2 Å². The van der Waals surface area contributed by atoms with Crippen LogP contribution >= 0.6 is 11.3 Å². The van der Waals surface area contributed by atoms with Gasteiger partial charge in [-0.25, -0.2) is 9.78 Å². The van der Waals surface area contributed by atoms with Crippen LogP contribution in [0.3, 0.4) is 0 Å². The minimum Gasteiger partial charge on any atom is -0.493 e. The monoisotopic (exact) mass is 386 g/mol. The van der Waals surface area contributed by atoms with E-state index in [1.165, 1.54) is 4.57 Å². The highest BCUT2D eigenvalue weighted by Crippen LogP contribution is 2.35. The molecular weight excluding hydrogens is 364 g/mol. The average molecular weight is 386 g/mol. The molecule has 0 aliphatic rings. The lowest BCUT2D eigenvalue weighted by Crippen LogP contribution is -2.23. The number of hydrogen-bond donors (Lipinski definition) is 1. The molecule has 2 aromatic heterocycles. The van der Waals surface area contributed by atoms with Crippen LogP contribution in [0.4, 0.5) is 5.82 Å². The van der Waals surface area contributed by atoms with Gasteiger partial charge in [-0.15, -0.1) is 11.3 Å². The molecular formula is C19H22N4O3S. The third-order valence-electron chi connectivity index (χ3n) is 3.98. The van der Waals surface area contributed by atoms with Gasteiger partial charge in [0.25, 0.3) is 0 Å². The topological polar surface area (TPSA) is 92.3 Å². The number of ether oxygens (including phenoxy) is 2. The molecule has 7 nitrogen and oxygen atoms in total. The lowest BCUT2D eigenvalue weighted by Gasteiger charge is -2.11. The second-order valence-corrected chi connectivity index (χ2v) is 7.20. The van der Waals surface area contributed by atoms with E-state index in [1.807, 2.05) is 25.1 Å². The summed E-state index contributed by atoms with van der Waals surface area (Å²) in [4.78, 5) is 21.5. The van der Waals surface area contributed by atoms with Crippen LogP contribution in [0.1, 0.15) is 23.9 Å². The van der Waals surface area contributed by atoms with Crippen LogP contribution in [0.2, 0.25) is 0 Å². The molecule has 0 unspecified atom stereocenters. The lowest BCUT2D eigenvalue weighted by atomic mass is 10.2. The zero-order valence-corrected chi connectivity index (χ0v) is 16.4. The van der Waals surface area contributed by atoms with Gasteiger partial charge in [0.15, 0.2) is 11.5 Å². The Labute approximate surface area is 161 Å². The molecule has 0 aliphatic carbocycles. The van der Waals surface area contributed by atoms with Gasteiger partial charge in [0.2, 0.25) is 0 Å². The van der Waals surface area contributed by atoms with Gasteiger partial charge in [0.1, 0.15) is 10.8 Å². The van der Waals surface area contributed by atoms with Crippen molar-refractivity contribution in [3.63, 3.8) is 0 Å². The van der Waals surface area contributed by atoms with Crippen LogP contribution in [0.25, 0.3) is 10.6 Å². The molecule has 0 saturated carbocycles. The molecule has 0 atom stereocenters. The highest BCUT2D eigenvalue weighted by Gasteiger charge is 2.14. The second-order valence-electron chi connectivity index (χ2n) is 6.00. The molecule has 0 bridgehead atoms. The number of benzene rings is 1. The van der Waals surface area contributed by atoms with Crippen LogP contribution in [0, 0.1) is 6.92 Å². The Balaban J connectivity index is 1.90. The Kier molecular flexibility index (Phi) is 5.75. The van der Waals surface area contributed by atoms with Crippen LogP contribution in [0.5, 0.6) is 11.5 Å². The van der Waals surface area contributed by atoms with Gasteiger partial charge in [-0.3, -0.25) is 4.57 Å². The van der Waals surface area contributed by atoms with Crippen LogP contribution in [-0.2, 0) is 6.54 Å². The van der Waals surface area contributed by atoms with E-state index in [2.05, 4.69) is 11.9 Å². The molecule has 2 heterocycles. The van der Waals surface area contributed by atoms with Crippen LogP contribution in [-0.4, -0.2) is 28.3 Å². The number of anilines is 1. The van der Waals surface area contributed by atoms with Crippen molar-refractivity contribution in [2.75, 3.05) is 19.5 Å². The third-order valence-corrected chi connectivity index (χ3v) is 5.04. The molecule has 0 radical (unpaired) electrons. The third kappa shape index (κ3) is 4.28. The van der Waals surface area contributed by atoms with Crippen molar-refractivity contribution >= 4 is 17.2 Å². The van der Waals surface area contributed by atoms with E-state index in [-0.39, 0.29) is 11.5 Å². The predicted octanol–water partition coefficient (Wildman–Crippen LogP) is 3.10. The highest BCUT2D eigenvalue weighted by atomic mass is 32.1. The molecule has 0 spiro atoms. The van der Waals surface area contributed by atoms with Crippen LogP contribution in [0.15, 0.2) is 35.3 Å². The summed E-state index contributed by atoms with van der Waals surface area (Å²) in [6.07, 6.45) is 2.55. The molecule has 2 N–H and O–H groups in total. The van der Waals surface area contributed by atoms with Crippen LogP contribution < -0.4 is 20.9 Å². The SMILES string of the molecule is CCCOc1cc(-c2nc(Cn3ccc(N)nc3=O)c(C)s2)ccc1OC. The van der Waals surface area contributed by atoms with Crippen molar-refractivity contribution in [1.82, 2.24) is 14.5 Å². The van der Waals surface area contributed by atoms with Gasteiger partial charge < -0.3 is 15.2 Å². The first-order valence-corrected chi connectivity index (χ1v) is 9.44. The summed E-state index contributed by atoms with van der Waals surface area (Å²) in [5.41, 5.74) is 6.94. The van der Waals surface area contributed by atoms with Gasteiger partial charge in [-0.05, 0) is 37.6 Å². The summed E-state index contributed by atoms with van der Waals surface area (Å²) in [5.74, 6) is 1.61. The number of rotatable bonds is 7. The number of methoxy groups -OCH3 is 1. The summed E-state index contributed by atoms with van der Waals surface area (Å²) in [7, 11) is 1.62. The Bertz CT molecular complexity index is 997. The number of nitrogens with zero attached hydrogens (tertiary/aromatic N) is 3. The molecule has 8 heteroatoms. The Morgan fingerprint density at radius 1 is 1.22 bits per heavy atom. The number of nitrogen functional groups attached to an aromatic ring is 1. The van der Waals surface area contributed by atoms with E-state index in [1.54, 1.807) is 30.7 Å². The largest absolute Gasteiger partial charge is 0.493 e. The Morgan fingerprint density at radius 2 is 2.04 bits per heavy atom. The molecule has 0 saturated heterocycles. The van der Waals surface area contributed by atoms with Gasteiger partial charge in [0.05, 0.1) is 26.0 Å². The minimum absolute atomic E-state index is 0.213. The maximum atomic E-state index is 12.0. The molecule has 0 fully saturated rings.